The predicted molar refractivity (Wildman–Crippen MR) is 51.4 cm³/mol. The lowest BCUT2D eigenvalue weighted by Gasteiger charge is -2.02. The molecule has 9 heteroatoms. The number of carboxylic acid groups (broad SMARTS) is 1. The third kappa shape index (κ3) is 2.67. The largest absolute Gasteiger partial charge is 0.464 e. The Bertz CT molecular complexity index is 538. The lowest BCUT2D eigenvalue weighted by Crippen LogP contribution is -2.28. The van der Waals surface area contributed by atoms with E-state index >= 15 is 0 Å². The molecule has 0 saturated carbocycles. The third-order valence-electron chi connectivity index (χ3n) is 1.56. The maximum atomic E-state index is 11.3. The van der Waals surface area contributed by atoms with Gasteiger partial charge in [0.25, 0.3) is 15.7 Å². The normalized spacial score (nSPS) is 10.8. The summed E-state index contributed by atoms with van der Waals surface area (Å²) in [6.45, 7) is 0. The van der Waals surface area contributed by atoms with E-state index in [1.807, 2.05) is 0 Å². The monoisotopic (exact) mass is 246 g/mol. The van der Waals surface area contributed by atoms with Crippen LogP contribution < -0.4 is 4.72 Å². The summed E-state index contributed by atoms with van der Waals surface area (Å²) in [6, 6.07) is 4.07. The molecule has 8 nitrogen and oxygen atoms in total. The average Bonchev–Trinajstić information content (AvgIpc) is 2.16. The minimum absolute atomic E-state index is 0.437. The second-order valence-corrected chi connectivity index (χ2v) is 4.35. The molecule has 16 heavy (non-hydrogen) atoms. The van der Waals surface area contributed by atoms with Gasteiger partial charge in [-0.15, -0.1) is 0 Å². The van der Waals surface area contributed by atoms with Gasteiger partial charge in [0.05, 0.1) is 9.82 Å². The topological polar surface area (TPSA) is 127 Å². The molecule has 1 rings (SSSR count). The molecule has 0 heterocycles. The van der Waals surface area contributed by atoms with Gasteiger partial charge in [-0.25, -0.2) is 17.9 Å². The molecule has 86 valence electrons. The van der Waals surface area contributed by atoms with Crippen LogP contribution in [0.3, 0.4) is 0 Å². The standard InChI is InChI=1S/C7H6N2O6S/c10-7(11)8-16(14,15)6-3-1-2-5(4-6)9(12)13/h1-4,8H,(H,10,11). The fraction of sp³-hybridized carbons (Fsp3) is 0. The zero-order valence-electron chi connectivity index (χ0n) is 7.65. The smallest absolute Gasteiger partial charge is 0.418 e. The molecule has 1 amide bonds. The number of amides is 1. The molecule has 1 aromatic carbocycles. The van der Waals surface area contributed by atoms with Crippen LogP contribution in [0.15, 0.2) is 29.2 Å². The number of nitrogens with one attached hydrogen (secondary N) is 1. The summed E-state index contributed by atoms with van der Waals surface area (Å²) in [7, 11) is -4.27. The van der Waals surface area contributed by atoms with E-state index in [2.05, 4.69) is 0 Å². The first-order valence-electron chi connectivity index (χ1n) is 3.83. The molecule has 0 atom stereocenters. The minimum atomic E-state index is -4.27. The summed E-state index contributed by atoms with van der Waals surface area (Å²) in [5.74, 6) is 0. The van der Waals surface area contributed by atoms with E-state index in [9.17, 15) is 23.3 Å². The fourth-order valence-electron chi connectivity index (χ4n) is 0.938. The molecule has 0 spiro atoms. The summed E-state index contributed by atoms with van der Waals surface area (Å²) in [5, 5.41) is 18.6. The summed E-state index contributed by atoms with van der Waals surface area (Å²) in [4.78, 5) is 19.3. The van der Waals surface area contributed by atoms with Crippen LogP contribution in [-0.4, -0.2) is 24.5 Å². The van der Waals surface area contributed by atoms with Gasteiger partial charge in [0.2, 0.25) is 0 Å². The lowest BCUT2D eigenvalue weighted by atomic mass is 10.3. The van der Waals surface area contributed by atoms with Crippen molar-refractivity contribution >= 4 is 21.8 Å². The average molecular weight is 246 g/mol. The van der Waals surface area contributed by atoms with E-state index in [4.69, 9.17) is 5.11 Å². The molecule has 0 saturated heterocycles. The Labute approximate surface area is 89.7 Å². The molecule has 0 radical (unpaired) electrons. The van der Waals surface area contributed by atoms with Gasteiger partial charge < -0.3 is 5.11 Å². The van der Waals surface area contributed by atoms with Crippen molar-refractivity contribution in [2.45, 2.75) is 4.90 Å². The summed E-state index contributed by atoms with van der Waals surface area (Å²) in [5.41, 5.74) is -0.437. The summed E-state index contributed by atoms with van der Waals surface area (Å²) < 4.78 is 23.9. The molecule has 2 N–H and O–H groups in total. The number of carbonyl (C=O) groups is 1. The van der Waals surface area contributed by atoms with Crippen LogP contribution in [0.5, 0.6) is 0 Å². The minimum Gasteiger partial charge on any atom is -0.464 e. The number of hydrogen-bond acceptors (Lipinski definition) is 5. The van der Waals surface area contributed by atoms with Crippen LogP contribution in [0.4, 0.5) is 10.5 Å². The zero-order chi connectivity index (χ0) is 12.3. The SMILES string of the molecule is O=C(O)NS(=O)(=O)c1cccc([N+](=O)[O-])c1. The van der Waals surface area contributed by atoms with Gasteiger partial charge in [-0.1, -0.05) is 6.07 Å². The van der Waals surface area contributed by atoms with Gasteiger partial charge >= 0.3 is 6.09 Å². The maximum absolute atomic E-state index is 11.3. The number of hydrogen-bond donors (Lipinski definition) is 2. The van der Waals surface area contributed by atoms with Crippen LogP contribution in [0.25, 0.3) is 0 Å². The van der Waals surface area contributed by atoms with Crippen molar-refractivity contribution in [3.05, 3.63) is 34.4 Å². The van der Waals surface area contributed by atoms with Crippen LogP contribution in [0, 0.1) is 10.1 Å². The number of rotatable bonds is 3. The van der Waals surface area contributed by atoms with E-state index in [0.717, 1.165) is 24.3 Å². The fourth-order valence-corrected chi connectivity index (χ4v) is 1.82. The zero-order valence-corrected chi connectivity index (χ0v) is 8.47. The summed E-state index contributed by atoms with van der Waals surface area (Å²) >= 11 is 0. The van der Waals surface area contributed by atoms with Crippen molar-refractivity contribution < 1.29 is 23.2 Å². The highest BCUT2D eigenvalue weighted by Gasteiger charge is 2.19. The van der Waals surface area contributed by atoms with Crippen molar-refractivity contribution in [3.8, 4) is 0 Å². The second-order valence-electron chi connectivity index (χ2n) is 2.67. The third-order valence-corrected chi connectivity index (χ3v) is 2.88. The quantitative estimate of drug-likeness (QED) is 0.592. The van der Waals surface area contributed by atoms with Gasteiger partial charge in [-0.05, 0) is 6.07 Å². The van der Waals surface area contributed by atoms with E-state index in [0.29, 0.717) is 0 Å². The Balaban J connectivity index is 3.19. The number of nitro benzene ring substituents is 1. The Morgan fingerprint density at radius 1 is 1.44 bits per heavy atom. The van der Waals surface area contributed by atoms with Crippen molar-refractivity contribution in [1.29, 1.82) is 0 Å². The summed E-state index contributed by atoms with van der Waals surface area (Å²) in [6.07, 6.45) is -1.76. The molecular weight excluding hydrogens is 240 g/mol. The van der Waals surface area contributed by atoms with Crippen LogP contribution in [-0.2, 0) is 10.0 Å². The van der Waals surface area contributed by atoms with Gasteiger partial charge in [0.1, 0.15) is 0 Å². The molecule has 0 aliphatic carbocycles. The Hall–Kier alpha value is -2.16. The van der Waals surface area contributed by atoms with Crippen molar-refractivity contribution in [2.24, 2.45) is 0 Å². The first kappa shape index (κ1) is 11.9. The lowest BCUT2D eigenvalue weighted by molar-refractivity contribution is -0.385. The van der Waals surface area contributed by atoms with Crippen molar-refractivity contribution in [1.82, 2.24) is 4.72 Å². The van der Waals surface area contributed by atoms with Gasteiger partial charge in [0, 0.05) is 12.1 Å². The number of nitro groups is 1. The Morgan fingerprint density at radius 2 is 2.06 bits per heavy atom. The first-order valence-corrected chi connectivity index (χ1v) is 5.31. The molecule has 0 unspecified atom stereocenters. The number of non-ortho nitro benzene ring substituents is 1. The molecule has 0 aliphatic heterocycles. The van der Waals surface area contributed by atoms with Gasteiger partial charge in [-0.3, -0.25) is 10.1 Å². The van der Waals surface area contributed by atoms with Crippen molar-refractivity contribution in [3.63, 3.8) is 0 Å². The van der Waals surface area contributed by atoms with E-state index in [1.165, 1.54) is 4.72 Å². The number of benzene rings is 1. The maximum Gasteiger partial charge on any atom is 0.418 e. The number of nitrogens with zero attached hydrogens (tertiary/aromatic N) is 1. The van der Waals surface area contributed by atoms with Crippen LogP contribution in [0.1, 0.15) is 0 Å². The van der Waals surface area contributed by atoms with Gasteiger partial charge in [-0.2, -0.15) is 0 Å². The van der Waals surface area contributed by atoms with E-state index < -0.39 is 31.6 Å². The second kappa shape index (κ2) is 4.14. The van der Waals surface area contributed by atoms with Crippen LogP contribution in [0.2, 0.25) is 0 Å². The highest BCUT2D eigenvalue weighted by Crippen LogP contribution is 2.16. The molecule has 0 bridgehead atoms. The number of sulfonamides is 1. The highest BCUT2D eigenvalue weighted by molar-refractivity contribution is 7.90. The first-order chi connectivity index (χ1) is 7.33. The van der Waals surface area contributed by atoms with Gasteiger partial charge in [0.15, 0.2) is 0 Å². The van der Waals surface area contributed by atoms with Crippen molar-refractivity contribution in [2.75, 3.05) is 0 Å². The molecule has 1 aromatic rings. The van der Waals surface area contributed by atoms with E-state index in [1.54, 1.807) is 0 Å². The highest BCUT2D eigenvalue weighted by atomic mass is 32.2. The molecule has 0 aliphatic rings. The van der Waals surface area contributed by atoms with Crippen LogP contribution >= 0.6 is 0 Å². The Kier molecular flexibility index (Phi) is 3.09. The molecule has 0 fully saturated rings. The van der Waals surface area contributed by atoms with E-state index in [-0.39, 0.29) is 0 Å². The Morgan fingerprint density at radius 3 is 2.56 bits per heavy atom. The molecule has 0 aromatic heterocycles. The molecular formula is C7H6N2O6S. The predicted octanol–water partition coefficient (Wildman–Crippen LogP) is 0.551.